The Hall–Kier alpha value is -3.20. The smallest absolute Gasteiger partial charge is 0.275 e. The lowest BCUT2D eigenvalue weighted by Gasteiger charge is -2.20. The monoisotopic (exact) mass is 384 g/mol. The maximum absolute atomic E-state index is 12.8. The average Bonchev–Trinajstić information content (AvgIpc) is 2.67. The molecular weight excluding hydrogens is 360 g/mol. The van der Waals surface area contributed by atoms with Crippen molar-refractivity contribution >= 4 is 16.7 Å². The summed E-state index contributed by atoms with van der Waals surface area (Å²) in [4.78, 5) is 36.0. The standard InChI is InChI=1S/C19H24N6O3/c1-23(2)9-10-24(3)19-20-13(11-16(26)21-19)12-25-18(27)15-8-6-5-7-14(15)17(22-25)28-4/h5-8,11H,9-10,12H2,1-4H3,(H,20,21,26). The summed E-state index contributed by atoms with van der Waals surface area (Å²) in [5, 5.41) is 5.44. The number of hydrogen-bond acceptors (Lipinski definition) is 7. The van der Waals surface area contributed by atoms with Crippen LogP contribution in [0.25, 0.3) is 10.8 Å². The summed E-state index contributed by atoms with van der Waals surface area (Å²) in [5.74, 6) is 0.800. The van der Waals surface area contributed by atoms with Crippen molar-refractivity contribution in [2.45, 2.75) is 6.54 Å². The van der Waals surface area contributed by atoms with E-state index in [4.69, 9.17) is 4.74 Å². The topological polar surface area (TPSA) is 96.3 Å². The van der Waals surface area contributed by atoms with Crippen LogP contribution in [-0.4, -0.2) is 66.0 Å². The van der Waals surface area contributed by atoms with Gasteiger partial charge in [-0.3, -0.25) is 14.6 Å². The van der Waals surface area contributed by atoms with Gasteiger partial charge in [-0.1, -0.05) is 12.1 Å². The van der Waals surface area contributed by atoms with Gasteiger partial charge in [0.1, 0.15) is 0 Å². The number of nitrogens with zero attached hydrogens (tertiary/aromatic N) is 5. The molecule has 28 heavy (non-hydrogen) atoms. The van der Waals surface area contributed by atoms with E-state index in [-0.39, 0.29) is 17.7 Å². The fraction of sp³-hybridized carbons (Fsp3) is 0.368. The Balaban J connectivity index is 1.97. The highest BCUT2D eigenvalue weighted by molar-refractivity contribution is 5.85. The maximum Gasteiger partial charge on any atom is 0.275 e. The highest BCUT2D eigenvalue weighted by atomic mass is 16.5. The van der Waals surface area contributed by atoms with Crippen LogP contribution >= 0.6 is 0 Å². The number of hydrogen-bond donors (Lipinski definition) is 1. The largest absolute Gasteiger partial charge is 0.480 e. The van der Waals surface area contributed by atoms with E-state index >= 15 is 0 Å². The minimum Gasteiger partial charge on any atom is -0.480 e. The van der Waals surface area contributed by atoms with Gasteiger partial charge in [-0.05, 0) is 26.2 Å². The van der Waals surface area contributed by atoms with Gasteiger partial charge in [-0.15, -0.1) is 5.10 Å². The minimum absolute atomic E-state index is 0.0679. The van der Waals surface area contributed by atoms with E-state index in [1.165, 1.54) is 17.9 Å². The van der Waals surface area contributed by atoms with Gasteiger partial charge in [-0.2, -0.15) is 0 Å². The van der Waals surface area contributed by atoms with Crippen LogP contribution in [0.5, 0.6) is 5.88 Å². The molecule has 0 radical (unpaired) electrons. The second kappa shape index (κ2) is 8.22. The molecule has 0 saturated carbocycles. The van der Waals surface area contributed by atoms with Crippen molar-refractivity contribution in [3.63, 3.8) is 0 Å². The fourth-order valence-electron chi connectivity index (χ4n) is 2.83. The Kier molecular flexibility index (Phi) is 5.74. The molecule has 0 saturated heterocycles. The summed E-state index contributed by atoms with van der Waals surface area (Å²) in [5.41, 5.74) is -0.0964. The Morgan fingerprint density at radius 2 is 1.82 bits per heavy atom. The van der Waals surface area contributed by atoms with Gasteiger partial charge in [0.2, 0.25) is 11.8 Å². The van der Waals surface area contributed by atoms with E-state index in [9.17, 15) is 9.59 Å². The molecule has 2 aromatic heterocycles. The van der Waals surface area contributed by atoms with Crippen LogP contribution in [0.4, 0.5) is 5.95 Å². The molecule has 0 spiro atoms. The SMILES string of the molecule is COc1nn(Cc2cc(=O)[nH]c(N(C)CCN(C)C)n2)c(=O)c2ccccc12. The maximum atomic E-state index is 12.8. The summed E-state index contributed by atoms with van der Waals surface area (Å²) in [6.07, 6.45) is 0. The number of H-pyrrole nitrogens is 1. The Labute approximate surface area is 162 Å². The van der Waals surface area contributed by atoms with Gasteiger partial charge in [-0.25, -0.2) is 9.67 Å². The first-order valence-electron chi connectivity index (χ1n) is 8.89. The van der Waals surface area contributed by atoms with E-state index in [1.807, 2.05) is 37.0 Å². The molecule has 2 heterocycles. The highest BCUT2D eigenvalue weighted by Gasteiger charge is 2.13. The molecular formula is C19H24N6O3. The van der Waals surface area contributed by atoms with E-state index in [0.29, 0.717) is 34.8 Å². The normalized spacial score (nSPS) is 11.2. The van der Waals surface area contributed by atoms with Crippen LogP contribution in [0, 0.1) is 0 Å². The molecule has 0 aliphatic carbocycles. The van der Waals surface area contributed by atoms with Crippen molar-refractivity contribution in [3.8, 4) is 5.88 Å². The van der Waals surface area contributed by atoms with E-state index in [0.717, 1.165) is 6.54 Å². The second-order valence-electron chi connectivity index (χ2n) is 6.80. The van der Waals surface area contributed by atoms with Crippen LogP contribution < -0.4 is 20.8 Å². The fourth-order valence-corrected chi connectivity index (χ4v) is 2.83. The van der Waals surface area contributed by atoms with E-state index < -0.39 is 0 Å². The zero-order valence-electron chi connectivity index (χ0n) is 16.5. The zero-order chi connectivity index (χ0) is 20.3. The number of ether oxygens (including phenoxy) is 1. The van der Waals surface area contributed by atoms with Gasteiger partial charge in [0.15, 0.2) is 0 Å². The van der Waals surface area contributed by atoms with Gasteiger partial charge in [0, 0.05) is 26.2 Å². The summed E-state index contributed by atoms with van der Waals surface area (Å²) in [7, 11) is 7.32. The number of methoxy groups -OCH3 is 1. The van der Waals surface area contributed by atoms with E-state index in [2.05, 4.69) is 15.1 Å². The molecule has 3 rings (SSSR count). The van der Waals surface area contributed by atoms with Crippen LogP contribution in [0.2, 0.25) is 0 Å². The number of aromatic amines is 1. The van der Waals surface area contributed by atoms with Crippen molar-refractivity contribution in [1.82, 2.24) is 24.6 Å². The quantitative estimate of drug-likeness (QED) is 0.635. The summed E-state index contributed by atoms with van der Waals surface area (Å²) >= 11 is 0. The third-order valence-corrected chi connectivity index (χ3v) is 4.37. The predicted molar refractivity (Wildman–Crippen MR) is 108 cm³/mol. The Morgan fingerprint density at radius 3 is 2.50 bits per heavy atom. The average molecular weight is 384 g/mol. The van der Waals surface area contributed by atoms with Crippen LogP contribution in [0.15, 0.2) is 39.9 Å². The Bertz CT molecular complexity index is 1090. The molecule has 0 unspecified atom stereocenters. The number of rotatable bonds is 7. The van der Waals surface area contributed by atoms with Crippen LogP contribution in [0.3, 0.4) is 0 Å². The summed E-state index contributed by atoms with van der Waals surface area (Å²) < 4.78 is 6.60. The third kappa shape index (κ3) is 4.20. The van der Waals surface area contributed by atoms with Gasteiger partial charge >= 0.3 is 0 Å². The zero-order valence-corrected chi connectivity index (χ0v) is 16.5. The highest BCUT2D eigenvalue weighted by Crippen LogP contribution is 2.19. The van der Waals surface area contributed by atoms with Crippen molar-refractivity contribution in [3.05, 3.63) is 56.7 Å². The molecule has 0 aliphatic rings. The summed E-state index contributed by atoms with van der Waals surface area (Å²) in [6.45, 7) is 1.58. The lowest BCUT2D eigenvalue weighted by Crippen LogP contribution is -2.31. The van der Waals surface area contributed by atoms with Crippen molar-refractivity contribution < 1.29 is 4.74 Å². The number of aromatic nitrogens is 4. The molecule has 148 valence electrons. The number of likely N-dealkylation sites (N-methyl/N-ethyl adjacent to an activating group) is 2. The minimum atomic E-state index is -0.280. The lowest BCUT2D eigenvalue weighted by molar-refractivity contribution is 0.385. The number of fused-ring (bicyclic) bond motifs is 1. The second-order valence-corrected chi connectivity index (χ2v) is 6.80. The molecule has 0 amide bonds. The first kappa shape index (κ1) is 19.6. The number of anilines is 1. The molecule has 1 N–H and O–H groups in total. The third-order valence-electron chi connectivity index (χ3n) is 4.37. The lowest BCUT2D eigenvalue weighted by atomic mass is 10.2. The Morgan fingerprint density at radius 1 is 1.11 bits per heavy atom. The molecule has 9 nitrogen and oxygen atoms in total. The van der Waals surface area contributed by atoms with Crippen LogP contribution in [-0.2, 0) is 6.54 Å². The van der Waals surface area contributed by atoms with E-state index in [1.54, 1.807) is 18.2 Å². The van der Waals surface area contributed by atoms with Crippen molar-refractivity contribution in [1.29, 1.82) is 0 Å². The first-order valence-corrected chi connectivity index (χ1v) is 8.89. The molecule has 0 bridgehead atoms. The summed E-state index contributed by atoms with van der Waals surface area (Å²) in [6, 6.07) is 8.50. The first-order chi connectivity index (χ1) is 13.4. The van der Waals surface area contributed by atoms with Crippen molar-refractivity contribution in [2.75, 3.05) is 46.2 Å². The molecule has 0 aliphatic heterocycles. The molecule has 0 atom stereocenters. The van der Waals surface area contributed by atoms with Crippen LogP contribution in [0.1, 0.15) is 5.69 Å². The van der Waals surface area contributed by atoms with Crippen molar-refractivity contribution in [2.24, 2.45) is 0 Å². The molecule has 0 fully saturated rings. The number of nitrogens with one attached hydrogen (secondary N) is 1. The predicted octanol–water partition coefficient (Wildman–Crippen LogP) is 0.535. The van der Waals surface area contributed by atoms with Gasteiger partial charge < -0.3 is 14.5 Å². The molecule has 9 heteroatoms. The van der Waals surface area contributed by atoms with Gasteiger partial charge in [0.25, 0.3) is 11.1 Å². The number of benzene rings is 1. The van der Waals surface area contributed by atoms with Gasteiger partial charge in [0.05, 0.1) is 30.1 Å². The molecule has 1 aromatic carbocycles. The molecule has 3 aromatic rings.